The molecule has 41 heavy (non-hydrogen) atoms. The Morgan fingerprint density at radius 1 is 1.07 bits per heavy atom. The van der Waals surface area contributed by atoms with Crippen LogP contribution >= 0.6 is 11.3 Å². The zero-order chi connectivity index (χ0) is 31.0. The Kier molecular flexibility index (Phi) is 20.9. The average Bonchev–Trinajstić information content (AvgIpc) is 3.68. The van der Waals surface area contributed by atoms with Crippen LogP contribution in [0.3, 0.4) is 0 Å². The quantitative estimate of drug-likeness (QED) is 0.234. The molecule has 0 bridgehead atoms. The number of hydrogen-bond acceptors (Lipinski definition) is 6. The van der Waals surface area contributed by atoms with Crippen LogP contribution in [0.25, 0.3) is 10.2 Å². The molecule has 0 radical (unpaired) electrons. The number of rotatable bonds is 6. The number of allylic oxidation sites excluding steroid dienone is 2. The molecule has 224 valence electrons. The second-order valence-electron chi connectivity index (χ2n) is 9.00. The SMILES string of the molecule is C=C(C)C.C=CCC.CC.C[C@H](NC(=O)OCc1ccccc1)C(=O)N1CCCC1.O=Cc1nc2ccccc2s1. The number of ether oxygens (including phenoxy) is 1. The molecule has 1 aromatic heterocycles. The van der Waals surface area contributed by atoms with Gasteiger partial charge < -0.3 is 15.0 Å². The van der Waals surface area contributed by atoms with Crippen LogP contribution in [0.4, 0.5) is 4.79 Å². The molecule has 4 rings (SSSR count). The number of nitrogens with zero attached hydrogens (tertiary/aromatic N) is 2. The summed E-state index contributed by atoms with van der Waals surface area (Å²) < 4.78 is 6.16. The second kappa shape index (κ2) is 23.0. The molecule has 1 aliphatic rings. The first-order valence-electron chi connectivity index (χ1n) is 14.0. The molecule has 1 saturated heterocycles. The van der Waals surface area contributed by atoms with Crippen molar-refractivity contribution in [3.8, 4) is 0 Å². The lowest BCUT2D eigenvalue weighted by Gasteiger charge is -2.20. The van der Waals surface area contributed by atoms with Crippen molar-refractivity contribution in [3.63, 3.8) is 0 Å². The molecule has 1 aliphatic heterocycles. The van der Waals surface area contributed by atoms with Crippen molar-refractivity contribution in [1.29, 1.82) is 0 Å². The van der Waals surface area contributed by atoms with Crippen LogP contribution in [-0.4, -0.2) is 47.3 Å². The Labute approximate surface area is 250 Å². The highest BCUT2D eigenvalue weighted by molar-refractivity contribution is 7.20. The highest BCUT2D eigenvalue weighted by Gasteiger charge is 2.24. The molecule has 0 spiro atoms. The van der Waals surface area contributed by atoms with E-state index in [2.05, 4.69) is 30.4 Å². The van der Waals surface area contributed by atoms with Gasteiger partial charge in [0.1, 0.15) is 12.6 Å². The number of alkyl carbamates (subject to hydrolysis) is 1. The maximum Gasteiger partial charge on any atom is 0.408 e. The fourth-order valence-corrected chi connectivity index (χ4v) is 3.94. The smallest absolute Gasteiger partial charge is 0.408 e. The summed E-state index contributed by atoms with van der Waals surface area (Å²) in [5.41, 5.74) is 2.99. The molecule has 0 unspecified atom stereocenters. The molecule has 3 aromatic rings. The number of aromatic nitrogens is 1. The fraction of sp³-hybridized carbons (Fsp3) is 0.394. The number of likely N-dealkylation sites (tertiary alicyclic amines) is 1. The van der Waals surface area contributed by atoms with Crippen LogP contribution in [0.2, 0.25) is 0 Å². The molecular weight excluding hydrogens is 534 g/mol. The first kappa shape index (κ1) is 37.2. The van der Waals surface area contributed by atoms with Crippen LogP contribution in [0.15, 0.2) is 79.4 Å². The maximum absolute atomic E-state index is 12.0. The van der Waals surface area contributed by atoms with Gasteiger partial charge in [-0.3, -0.25) is 9.59 Å². The third kappa shape index (κ3) is 16.8. The maximum atomic E-state index is 12.0. The monoisotopic (exact) mass is 581 g/mol. The number of nitrogens with one attached hydrogen (secondary N) is 1. The van der Waals surface area contributed by atoms with Gasteiger partial charge in [-0.15, -0.1) is 24.5 Å². The van der Waals surface area contributed by atoms with Gasteiger partial charge in [0, 0.05) is 13.1 Å². The number of fused-ring (bicyclic) bond motifs is 1. The first-order chi connectivity index (χ1) is 19.7. The van der Waals surface area contributed by atoms with Gasteiger partial charge in [0.05, 0.1) is 10.2 Å². The molecule has 1 atom stereocenters. The zero-order valence-corrected chi connectivity index (χ0v) is 26.3. The fourth-order valence-electron chi connectivity index (χ4n) is 3.16. The van der Waals surface area contributed by atoms with Crippen LogP contribution in [0, 0.1) is 0 Å². The van der Waals surface area contributed by atoms with E-state index in [1.807, 2.05) is 88.4 Å². The Hall–Kier alpha value is -3.78. The van der Waals surface area contributed by atoms with Gasteiger partial charge in [0.25, 0.3) is 0 Å². The lowest BCUT2D eigenvalue weighted by molar-refractivity contribution is -0.131. The molecule has 8 heteroatoms. The second-order valence-corrected chi connectivity index (χ2v) is 10.1. The summed E-state index contributed by atoms with van der Waals surface area (Å²) in [4.78, 5) is 39.8. The summed E-state index contributed by atoms with van der Waals surface area (Å²) in [5.74, 6) is -0.0424. The summed E-state index contributed by atoms with van der Waals surface area (Å²) >= 11 is 1.42. The van der Waals surface area contributed by atoms with Crippen molar-refractivity contribution < 1.29 is 19.1 Å². The van der Waals surface area contributed by atoms with E-state index in [0.29, 0.717) is 5.01 Å². The molecular formula is C33H47N3O4S. The summed E-state index contributed by atoms with van der Waals surface area (Å²) in [5, 5.41) is 3.12. The van der Waals surface area contributed by atoms with E-state index >= 15 is 0 Å². The number of thiazole rings is 1. The van der Waals surface area contributed by atoms with Crippen LogP contribution in [0.5, 0.6) is 0 Å². The van der Waals surface area contributed by atoms with Gasteiger partial charge in [0.15, 0.2) is 11.3 Å². The molecule has 7 nitrogen and oxygen atoms in total. The third-order valence-corrected chi connectivity index (χ3v) is 6.00. The van der Waals surface area contributed by atoms with Crippen molar-refractivity contribution in [2.45, 2.75) is 73.5 Å². The first-order valence-corrected chi connectivity index (χ1v) is 14.8. The molecule has 0 aliphatic carbocycles. The van der Waals surface area contributed by atoms with E-state index in [9.17, 15) is 14.4 Å². The van der Waals surface area contributed by atoms with E-state index in [1.54, 1.807) is 11.8 Å². The van der Waals surface area contributed by atoms with E-state index in [4.69, 9.17) is 4.74 Å². The average molecular weight is 582 g/mol. The summed E-state index contributed by atoms with van der Waals surface area (Å²) in [6.45, 7) is 20.5. The van der Waals surface area contributed by atoms with E-state index in [-0.39, 0.29) is 12.5 Å². The lowest BCUT2D eigenvalue weighted by atomic mass is 10.2. The highest BCUT2D eigenvalue weighted by Crippen LogP contribution is 2.19. The van der Waals surface area contributed by atoms with Crippen molar-refractivity contribution in [2.24, 2.45) is 0 Å². The van der Waals surface area contributed by atoms with E-state index in [1.165, 1.54) is 16.9 Å². The lowest BCUT2D eigenvalue weighted by Crippen LogP contribution is -2.46. The molecule has 0 saturated carbocycles. The molecule has 2 aromatic carbocycles. The molecule has 2 amide bonds. The van der Waals surface area contributed by atoms with Gasteiger partial charge >= 0.3 is 6.09 Å². The Morgan fingerprint density at radius 3 is 2.12 bits per heavy atom. The van der Waals surface area contributed by atoms with E-state index in [0.717, 1.165) is 54.4 Å². The number of benzene rings is 2. The number of aldehydes is 1. The zero-order valence-electron chi connectivity index (χ0n) is 25.5. The molecule has 1 N–H and O–H groups in total. The molecule has 1 fully saturated rings. The Bertz CT molecular complexity index is 1130. The minimum Gasteiger partial charge on any atom is -0.445 e. The number of amides is 2. The van der Waals surface area contributed by atoms with E-state index < -0.39 is 12.1 Å². The number of carbonyl (C=O) groups excluding carboxylic acids is 3. The Balaban J connectivity index is 0.000000635. The van der Waals surface area contributed by atoms with Crippen LogP contribution < -0.4 is 5.32 Å². The van der Waals surface area contributed by atoms with Gasteiger partial charge in [-0.05, 0) is 57.7 Å². The van der Waals surface area contributed by atoms with Gasteiger partial charge in [0.2, 0.25) is 5.91 Å². The summed E-state index contributed by atoms with van der Waals surface area (Å²) in [6.07, 6.45) is 5.26. The predicted molar refractivity (Wildman–Crippen MR) is 172 cm³/mol. The number of para-hydroxylation sites is 1. The minimum atomic E-state index is -0.561. The van der Waals surface area contributed by atoms with Crippen molar-refractivity contribution >= 4 is 39.8 Å². The predicted octanol–water partition coefficient (Wildman–Crippen LogP) is 8.22. The topological polar surface area (TPSA) is 88.6 Å². The van der Waals surface area contributed by atoms with Crippen molar-refractivity contribution in [2.75, 3.05) is 13.1 Å². The van der Waals surface area contributed by atoms with Gasteiger partial charge in [-0.1, -0.05) is 74.9 Å². The van der Waals surface area contributed by atoms with Crippen molar-refractivity contribution in [1.82, 2.24) is 15.2 Å². The number of hydrogen-bond donors (Lipinski definition) is 1. The Morgan fingerprint density at radius 2 is 1.61 bits per heavy atom. The highest BCUT2D eigenvalue weighted by atomic mass is 32.1. The standard InChI is InChI=1S/C15H20N2O3.C8H5NOS.2C4H8.C2H6/c1-12(14(18)17-9-5-6-10-17)16-15(19)20-11-13-7-3-2-4-8-13;10-5-8-9-6-3-1-2-4-7(6)11-8;1-4(2)3;1-3-4-2;1-2/h2-4,7-8,12H,5-6,9-11H2,1H3,(H,16,19);1-5H;1H2,2-3H3;3H,1,4H2,2H3;1-2H3/t12-;;;;/m0..../s1. The normalized spacial score (nSPS) is 11.8. The third-order valence-electron chi connectivity index (χ3n) is 5.04. The minimum absolute atomic E-state index is 0.0424. The van der Waals surface area contributed by atoms with Gasteiger partial charge in [-0.2, -0.15) is 0 Å². The van der Waals surface area contributed by atoms with Crippen molar-refractivity contribution in [3.05, 3.63) is 90.0 Å². The van der Waals surface area contributed by atoms with Gasteiger partial charge in [-0.25, -0.2) is 9.78 Å². The summed E-state index contributed by atoms with van der Waals surface area (Å²) in [6, 6.07) is 16.6. The molecule has 2 heterocycles. The summed E-state index contributed by atoms with van der Waals surface area (Å²) in [7, 11) is 0. The van der Waals surface area contributed by atoms with Crippen LogP contribution in [-0.2, 0) is 16.1 Å². The van der Waals surface area contributed by atoms with Crippen LogP contribution in [0.1, 0.15) is 76.2 Å². The largest absolute Gasteiger partial charge is 0.445 e. The number of carbonyl (C=O) groups is 3.